The summed E-state index contributed by atoms with van der Waals surface area (Å²) >= 11 is 0. The molecule has 0 atom stereocenters. The van der Waals surface area contributed by atoms with Gasteiger partial charge >= 0.3 is 6.36 Å². The van der Waals surface area contributed by atoms with Crippen molar-refractivity contribution in [3.8, 4) is 11.8 Å². The lowest BCUT2D eigenvalue weighted by Crippen LogP contribution is -2.39. The molecule has 0 unspecified atom stereocenters. The predicted molar refractivity (Wildman–Crippen MR) is 100 cm³/mol. The molecule has 0 aliphatic heterocycles. The van der Waals surface area contributed by atoms with Crippen LogP contribution in [-0.4, -0.2) is 35.3 Å². The van der Waals surface area contributed by atoms with Crippen molar-refractivity contribution < 1.29 is 22.7 Å². The summed E-state index contributed by atoms with van der Waals surface area (Å²) < 4.78 is 40.9. The summed E-state index contributed by atoms with van der Waals surface area (Å²) in [5, 5.41) is 11.5. The fourth-order valence-corrected chi connectivity index (χ4v) is 2.51. The average molecular weight is 407 g/mol. The van der Waals surface area contributed by atoms with Gasteiger partial charge in [-0.25, -0.2) is 9.97 Å². The number of benzene rings is 1. The van der Waals surface area contributed by atoms with Gasteiger partial charge in [0.15, 0.2) is 0 Å². The number of nitrogens with one attached hydrogen (secondary N) is 1. The van der Waals surface area contributed by atoms with Crippen molar-refractivity contribution >= 4 is 17.4 Å². The minimum absolute atomic E-state index is 0.0289. The van der Waals surface area contributed by atoms with E-state index in [9.17, 15) is 18.0 Å². The van der Waals surface area contributed by atoms with Crippen LogP contribution in [0.25, 0.3) is 0 Å². The molecule has 2 rings (SSSR count). The minimum Gasteiger partial charge on any atom is -0.406 e. The third kappa shape index (κ3) is 7.65. The quantitative estimate of drug-likeness (QED) is 0.785. The molecule has 7 nitrogen and oxygen atoms in total. The molecule has 0 radical (unpaired) electrons. The third-order valence-electron chi connectivity index (χ3n) is 3.42. The van der Waals surface area contributed by atoms with Crippen molar-refractivity contribution in [2.24, 2.45) is 5.41 Å². The first kappa shape index (κ1) is 21.9. The number of rotatable bonds is 6. The Kier molecular flexibility index (Phi) is 6.64. The maximum Gasteiger partial charge on any atom is 0.573 e. The fourth-order valence-electron chi connectivity index (χ4n) is 2.51. The molecule has 0 spiro atoms. The zero-order valence-corrected chi connectivity index (χ0v) is 16.1. The summed E-state index contributed by atoms with van der Waals surface area (Å²) in [6, 6.07) is 8.44. The Morgan fingerprint density at radius 3 is 2.62 bits per heavy atom. The van der Waals surface area contributed by atoms with Crippen molar-refractivity contribution in [2.75, 3.05) is 23.3 Å². The molecule has 29 heavy (non-hydrogen) atoms. The van der Waals surface area contributed by atoms with E-state index in [1.54, 1.807) is 11.0 Å². The number of amides is 1. The van der Waals surface area contributed by atoms with E-state index in [0.717, 1.165) is 12.1 Å². The Labute approximate surface area is 166 Å². The van der Waals surface area contributed by atoms with Crippen molar-refractivity contribution in [1.29, 1.82) is 5.26 Å². The number of nitrogens with zero attached hydrogens (tertiary/aromatic N) is 4. The average Bonchev–Trinajstić information content (AvgIpc) is 2.59. The Morgan fingerprint density at radius 1 is 1.28 bits per heavy atom. The molecule has 1 amide bonds. The molecule has 0 aliphatic rings. The number of carbonyl (C=O) groups excluding carboxylic acids is 1. The van der Waals surface area contributed by atoms with Crippen molar-refractivity contribution in [3.63, 3.8) is 0 Å². The van der Waals surface area contributed by atoms with Crippen LogP contribution in [-0.2, 0) is 4.79 Å². The van der Waals surface area contributed by atoms with Gasteiger partial charge in [0.05, 0.1) is 6.54 Å². The van der Waals surface area contributed by atoms with E-state index in [1.807, 2.05) is 26.8 Å². The van der Waals surface area contributed by atoms with Crippen molar-refractivity contribution in [2.45, 2.75) is 27.1 Å². The van der Waals surface area contributed by atoms with Crippen LogP contribution in [0.2, 0.25) is 0 Å². The van der Waals surface area contributed by atoms with E-state index in [1.165, 1.54) is 18.3 Å². The first-order chi connectivity index (χ1) is 13.4. The number of halogens is 3. The zero-order valence-electron chi connectivity index (χ0n) is 16.1. The molecule has 10 heteroatoms. The molecule has 154 valence electrons. The second-order valence-corrected chi connectivity index (χ2v) is 7.39. The maximum atomic E-state index is 12.5. The topological polar surface area (TPSA) is 91.1 Å². The standard InChI is InChI=1S/C19H20F3N5O2/c1-18(2,3)12-27(16-7-8-24-15(10-23)26-16)11-17(28)25-13-5-4-6-14(9-13)29-19(20,21)22/h4-9H,11-12H2,1-3H3,(H,25,28). The summed E-state index contributed by atoms with van der Waals surface area (Å²) in [5.74, 6) is -0.526. The van der Waals surface area contributed by atoms with E-state index in [4.69, 9.17) is 5.26 Å². The normalized spacial score (nSPS) is 11.5. The molecule has 0 saturated carbocycles. The van der Waals surface area contributed by atoms with Gasteiger partial charge < -0.3 is 15.0 Å². The Bertz CT molecular complexity index is 904. The van der Waals surface area contributed by atoms with Gasteiger partial charge in [0.2, 0.25) is 11.7 Å². The Hall–Kier alpha value is -3.35. The molecular formula is C19H20F3N5O2. The Balaban J connectivity index is 2.16. The number of hydrogen-bond donors (Lipinski definition) is 1. The van der Waals surface area contributed by atoms with Crippen LogP contribution in [0.15, 0.2) is 36.5 Å². The number of anilines is 2. The molecule has 1 heterocycles. The van der Waals surface area contributed by atoms with Crippen molar-refractivity contribution in [3.05, 3.63) is 42.4 Å². The molecule has 0 fully saturated rings. The highest BCUT2D eigenvalue weighted by molar-refractivity contribution is 5.94. The number of nitriles is 1. The number of ether oxygens (including phenoxy) is 1. The summed E-state index contributed by atoms with van der Waals surface area (Å²) in [6.07, 6.45) is -3.40. The summed E-state index contributed by atoms with van der Waals surface area (Å²) in [7, 11) is 0. The molecule has 1 aromatic carbocycles. The fraction of sp³-hybridized carbons (Fsp3) is 0.368. The highest BCUT2D eigenvalue weighted by Gasteiger charge is 2.31. The van der Waals surface area contributed by atoms with Gasteiger partial charge in [0.1, 0.15) is 17.6 Å². The predicted octanol–water partition coefficient (Wildman–Crippen LogP) is 3.74. The first-order valence-corrected chi connectivity index (χ1v) is 8.59. The van der Waals surface area contributed by atoms with Crippen LogP contribution >= 0.6 is 0 Å². The van der Waals surface area contributed by atoms with Gasteiger partial charge in [-0.05, 0) is 23.6 Å². The molecule has 1 aromatic heterocycles. The van der Waals surface area contributed by atoms with E-state index in [-0.39, 0.29) is 23.5 Å². The van der Waals surface area contributed by atoms with Crippen molar-refractivity contribution in [1.82, 2.24) is 9.97 Å². The van der Waals surface area contributed by atoms with E-state index in [0.29, 0.717) is 12.4 Å². The molecule has 1 N–H and O–H groups in total. The van der Waals surface area contributed by atoms with Crippen LogP contribution in [0.3, 0.4) is 0 Å². The first-order valence-electron chi connectivity index (χ1n) is 8.59. The van der Waals surface area contributed by atoms with Gasteiger partial charge in [-0.15, -0.1) is 13.2 Å². The molecule has 0 saturated heterocycles. The van der Waals surface area contributed by atoms with Crippen LogP contribution in [0.4, 0.5) is 24.7 Å². The summed E-state index contributed by atoms with van der Waals surface area (Å²) in [6.45, 7) is 6.25. The van der Waals surface area contributed by atoms with Gasteiger partial charge in [-0.1, -0.05) is 26.8 Å². The number of aromatic nitrogens is 2. The summed E-state index contributed by atoms with van der Waals surface area (Å²) in [5.41, 5.74) is -0.0359. The largest absolute Gasteiger partial charge is 0.573 e. The number of alkyl halides is 3. The lowest BCUT2D eigenvalue weighted by Gasteiger charge is -2.30. The van der Waals surface area contributed by atoms with E-state index < -0.39 is 18.0 Å². The molecule has 0 aliphatic carbocycles. The van der Waals surface area contributed by atoms with E-state index in [2.05, 4.69) is 20.0 Å². The van der Waals surface area contributed by atoms with Crippen LogP contribution in [0.1, 0.15) is 26.6 Å². The van der Waals surface area contributed by atoms with Gasteiger partial charge in [-0.2, -0.15) is 5.26 Å². The third-order valence-corrected chi connectivity index (χ3v) is 3.42. The SMILES string of the molecule is CC(C)(C)CN(CC(=O)Nc1cccc(OC(F)(F)F)c1)c1ccnc(C#N)n1. The summed E-state index contributed by atoms with van der Waals surface area (Å²) in [4.78, 5) is 22.1. The lowest BCUT2D eigenvalue weighted by molar-refractivity contribution is -0.274. The molecule has 0 bridgehead atoms. The second-order valence-electron chi connectivity index (χ2n) is 7.39. The van der Waals surface area contributed by atoms with Gasteiger partial charge in [0.25, 0.3) is 0 Å². The highest BCUT2D eigenvalue weighted by Crippen LogP contribution is 2.25. The number of hydrogen-bond acceptors (Lipinski definition) is 6. The molecule has 2 aromatic rings. The highest BCUT2D eigenvalue weighted by atomic mass is 19.4. The Morgan fingerprint density at radius 2 is 2.00 bits per heavy atom. The van der Waals surface area contributed by atoms with Gasteiger partial charge in [-0.3, -0.25) is 4.79 Å². The van der Waals surface area contributed by atoms with Crippen LogP contribution in [0.5, 0.6) is 5.75 Å². The smallest absolute Gasteiger partial charge is 0.406 e. The van der Waals surface area contributed by atoms with E-state index >= 15 is 0 Å². The maximum absolute atomic E-state index is 12.5. The molecular weight excluding hydrogens is 387 g/mol. The minimum atomic E-state index is -4.82. The zero-order chi connectivity index (χ0) is 21.7. The lowest BCUT2D eigenvalue weighted by atomic mass is 9.96. The second kappa shape index (κ2) is 8.77. The van der Waals surface area contributed by atoms with Crippen LogP contribution in [0, 0.1) is 16.7 Å². The number of carbonyl (C=O) groups is 1. The van der Waals surface area contributed by atoms with Gasteiger partial charge in [0, 0.05) is 24.5 Å². The monoisotopic (exact) mass is 407 g/mol. The van der Waals surface area contributed by atoms with Crippen LogP contribution < -0.4 is 15.0 Å².